The van der Waals surface area contributed by atoms with Crippen LogP contribution in [-0.4, -0.2) is 39.3 Å². The third-order valence-corrected chi connectivity index (χ3v) is 6.83. The van der Waals surface area contributed by atoms with E-state index in [9.17, 15) is 0 Å². The molecule has 1 fully saturated rings. The van der Waals surface area contributed by atoms with Crippen molar-refractivity contribution in [1.82, 2.24) is 0 Å². The molecule has 140 valence electrons. The number of quaternary nitrogens is 2. The Morgan fingerprint density at radius 3 is 2.76 bits per heavy atom. The van der Waals surface area contributed by atoms with Gasteiger partial charge in [-0.25, -0.2) is 0 Å². The molecule has 3 heteroatoms. The molecule has 0 saturated heterocycles. The van der Waals surface area contributed by atoms with E-state index in [4.69, 9.17) is 4.74 Å². The molecule has 0 bridgehead atoms. The lowest BCUT2D eigenvalue weighted by molar-refractivity contribution is -0.860. The molecule has 1 heterocycles. The third kappa shape index (κ3) is 4.03. The Bertz CT molecular complexity index is 573. The monoisotopic (exact) mass is 346 g/mol. The maximum absolute atomic E-state index is 6.57. The zero-order chi connectivity index (χ0) is 18.0. The molecule has 1 saturated carbocycles. The molecule has 3 rings (SSSR count). The van der Waals surface area contributed by atoms with Gasteiger partial charge < -0.3 is 15.0 Å². The zero-order valence-corrected chi connectivity index (χ0v) is 16.8. The number of nitrogens with two attached hydrogens (primary N) is 1. The Morgan fingerprint density at radius 1 is 1.24 bits per heavy atom. The van der Waals surface area contributed by atoms with Crippen LogP contribution in [0.25, 0.3) is 0 Å². The fourth-order valence-corrected chi connectivity index (χ4v) is 5.45. The summed E-state index contributed by atoms with van der Waals surface area (Å²) in [4.78, 5) is 1.56. The average molecular weight is 347 g/mol. The van der Waals surface area contributed by atoms with Crippen LogP contribution in [0.3, 0.4) is 0 Å². The number of nitrogens with one attached hydrogen (secondary N) is 1. The van der Waals surface area contributed by atoms with Gasteiger partial charge in [-0.05, 0) is 43.2 Å². The normalized spacial score (nSPS) is 34.3. The van der Waals surface area contributed by atoms with Crippen LogP contribution >= 0.6 is 0 Å². The zero-order valence-electron chi connectivity index (χ0n) is 16.8. The van der Waals surface area contributed by atoms with Gasteiger partial charge in [-0.1, -0.05) is 32.0 Å². The second-order valence-corrected chi connectivity index (χ2v) is 9.16. The smallest absolute Gasteiger partial charge is 0.123 e. The average Bonchev–Trinajstić information content (AvgIpc) is 2.55. The van der Waals surface area contributed by atoms with Crippen molar-refractivity contribution >= 4 is 0 Å². The minimum Gasteiger partial charge on any atom is -0.487 e. The van der Waals surface area contributed by atoms with Gasteiger partial charge in [0.05, 0.1) is 33.7 Å². The lowest BCUT2D eigenvalue weighted by Crippen LogP contribution is -3.06. The van der Waals surface area contributed by atoms with Crippen LogP contribution in [0.1, 0.15) is 39.2 Å². The highest BCUT2D eigenvalue weighted by molar-refractivity contribution is 5.37. The van der Waals surface area contributed by atoms with Crippen molar-refractivity contribution in [3.8, 4) is 5.75 Å². The molecule has 1 aromatic carbocycles. The Hall–Kier alpha value is -1.06. The van der Waals surface area contributed by atoms with Gasteiger partial charge in [0.2, 0.25) is 0 Å². The van der Waals surface area contributed by atoms with Gasteiger partial charge in [0, 0.05) is 18.3 Å². The van der Waals surface area contributed by atoms with Gasteiger partial charge in [-0.15, -0.1) is 0 Å². The van der Waals surface area contributed by atoms with Crippen LogP contribution in [0, 0.1) is 23.7 Å². The highest BCUT2D eigenvalue weighted by atomic mass is 16.5. The van der Waals surface area contributed by atoms with Crippen LogP contribution in [0.15, 0.2) is 24.3 Å². The van der Waals surface area contributed by atoms with Gasteiger partial charge >= 0.3 is 0 Å². The molecule has 0 aromatic heterocycles. The summed E-state index contributed by atoms with van der Waals surface area (Å²) in [6, 6.07) is 8.66. The van der Waals surface area contributed by atoms with E-state index in [1.54, 1.807) is 4.90 Å². The fourth-order valence-electron chi connectivity index (χ4n) is 5.45. The van der Waals surface area contributed by atoms with Crippen LogP contribution in [0.5, 0.6) is 5.75 Å². The van der Waals surface area contributed by atoms with E-state index in [-0.39, 0.29) is 5.60 Å². The first-order valence-electron chi connectivity index (χ1n) is 10.3. The molecule has 1 aromatic rings. The molecule has 5 atom stereocenters. The number of benzene rings is 1. The molecule has 0 radical (unpaired) electrons. The number of para-hydroxylation sites is 1. The number of rotatable bonds is 6. The summed E-state index contributed by atoms with van der Waals surface area (Å²) in [5.74, 6) is 4.02. The van der Waals surface area contributed by atoms with E-state index in [1.165, 1.54) is 44.5 Å². The first-order valence-corrected chi connectivity index (χ1v) is 10.3. The maximum atomic E-state index is 6.57. The summed E-state index contributed by atoms with van der Waals surface area (Å²) < 4.78 is 6.57. The Morgan fingerprint density at radius 2 is 2.00 bits per heavy atom. The summed E-state index contributed by atoms with van der Waals surface area (Å²) in [6.07, 6.45) is 3.69. The largest absolute Gasteiger partial charge is 0.487 e. The van der Waals surface area contributed by atoms with E-state index >= 15 is 0 Å². The van der Waals surface area contributed by atoms with Crippen molar-refractivity contribution < 1.29 is 15.0 Å². The van der Waals surface area contributed by atoms with Crippen LogP contribution in [-0.2, 0) is 6.42 Å². The second-order valence-electron chi connectivity index (χ2n) is 9.16. The Balaban J connectivity index is 1.64. The van der Waals surface area contributed by atoms with Gasteiger partial charge in [0.15, 0.2) is 0 Å². The summed E-state index contributed by atoms with van der Waals surface area (Å²) in [7, 11) is 4.49. The summed E-state index contributed by atoms with van der Waals surface area (Å²) in [5.41, 5.74) is 1.42. The van der Waals surface area contributed by atoms with Gasteiger partial charge in [0.1, 0.15) is 11.4 Å². The SMILES string of the molecule is C[C@@H]1[C@H](C[NH2+]CCC[NH+](C)C)[C@H](C)C[C@]2(C)Oc3ccccc3C[C@@H]12. The predicted molar refractivity (Wildman–Crippen MR) is 103 cm³/mol. The molecule has 1 aliphatic heterocycles. The van der Waals surface area contributed by atoms with Gasteiger partial charge in [-0.3, -0.25) is 0 Å². The first-order chi connectivity index (χ1) is 11.9. The standard InChI is InChI=1S/C22H36N2O/c1-16-14-22(3)20(13-18-9-6-7-10-21(18)25-22)17(2)19(16)15-23-11-8-12-24(4)5/h6-7,9-10,16-17,19-20,23H,8,11-15H2,1-5H3/p+2/t16-,17-,19-,20+,22+/m1/s1. The van der Waals surface area contributed by atoms with Crippen molar-refractivity contribution in [3.05, 3.63) is 29.8 Å². The molecular weight excluding hydrogens is 308 g/mol. The van der Waals surface area contributed by atoms with Crippen LogP contribution in [0.4, 0.5) is 0 Å². The van der Waals surface area contributed by atoms with Gasteiger partial charge in [0.25, 0.3) is 0 Å². The molecule has 1 aliphatic carbocycles. The Labute approximate surface area is 154 Å². The molecule has 25 heavy (non-hydrogen) atoms. The number of hydrogen-bond acceptors (Lipinski definition) is 1. The Kier molecular flexibility index (Phi) is 5.75. The molecular formula is C22H38N2O+2. The summed E-state index contributed by atoms with van der Waals surface area (Å²) >= 11 is 0. The molecule has 0 spiro atoms. The lowest BCUT2D eigenvalue weighted by atomic mass is 9.59. The highest BCUT2D eigenvalue weighted by Crippen LogP contribution is 2.50. The molecule has 3 N–H and O–H groups in total. The molecule has 2 aliphatic rings. The number of ether oxygens (including phenoxy) is 1. The van der Waals surface area contributed by atoms with Crippen molar-refractivity contribution in [3.63, 3.8) is 0 Å². The highest BCUT2D eigenvalue weighted by Gasteiger charge is 2.51. The molecule has 3 nitrogen and oxygen atoms in total. The van der Waals surface area contributed by atoms with Crippen molar-refractivity contribution in [2.24, 2.45) is 23.7 Å². The number of fused-ring (bicyclic) bond motifs is 2. The van der Waals surface area contributed by atoms with Crippen LogP contribution < -0.4 is 15.0 Å². The summed E-state index contributed by atoms with van der Waals surface area (Å²) in [6.45, 7) is 11.1. The van der Waals surface area contributed by atoms with E-state index in [0.29, 0.717) is 5.92 Å². The topological polar surface area (TPSA) is 30.3 Å². The maximum Gasteiger partial charge on any atom is 0.123 e. The van der Waals surface area contributed by atoms with Gasteiger partial charge in [-0.2, -0.15) is 0 Å². The van der Waals surface area contributed by atoms with E-state index in [1.807, 2.05) is 0 Å². The minimum atomic E-state index is 0.0119. The molecule has 0 amide bonds. The first kappa shape index (κ1) is 18.7. The predicted octanol–water partition coefficient (Wildman–Crippen LogP) is 1.39. The van der Waals surface area contributed by atoms with E-state index in [0.717, 1.165) is 23.5 Å². The van der Waals surface area contributed by atoms with Crippen molar-refractivity contribution in [1.29, 1.82) is 0 Å². The lowest BCUT2D eigenvalue weighted by Gasteiger charge is -2.53. The molecule has 0 unspecified atom stereocenters. The second kappa shape index (κ2) is 7.67. The fraction of sp³-hybridized carbons (Fsp3) is 0.727. The van der Waals surface area contributed by atoms with Crippen LogP contribution in [0.2, 0.25) is 0 Å². The van der Waals surface area contributed by atoms with Crippen molar-refractivity contribution in [2.45, 2.75) is 45.6 Å². The minimum absolute atomic E-state index is 0.0119. The number of hydrogen-bond donors (Lipinski definition) is 2. The third-order valence-electron chi connectivity index (χ3n) is 6.83. The van der Waals surface area contributed by atoms with Crippen molar-refractivity contribution in [2.75, 3.05) is 33.7 Å². The summed E-state index contributed by atoms with van der Waals surface area (Å²) in [5, 5.41) is 2.57. The quantitative estimate of drug-likeness (QED) is 0.749. The van der Waals surface area contributed by atoms with E-state index in [2.05, 4.69) is 64.4 Å². The van der Waals surface area contributed by atoms with E-state index < -0.39 is 0 Å².